The predicted molar refractivity (Wildman–Crippen MR) is 73.1 cm³/mol. The smallest absolute Gasteiger partial charge is 0.0638 e. The monoisotopic (exact) mass is 242 g/mol. The van der Waals surface area contributed by atoms with E-state index in [1.807, 2.05) is 6.92 Å². The molecule has 0 aromatic heterocycles. The van der Waals surface area contributed by atoms with Crippen LogP contribution >= 0.6 is 0 Å². The van der Waals surface area contributed by atoms with E-state index in [0.29, 0.717) is 6.04 Å². The topological polar surface area (TPSA) is 35.5 Å². The molecule has 3 nitrogen and oxygen atoms in total. The number of nitrogens with zero attached hydrogens (tertiary/aromatic N) is 1. The van der Waals surface area contributed by atoms with Crippen molar-refractivity contribution >= 4 is 0 Å². The van der Waals surface area contributed by atoms with Crippen molar-refractivity contribution in [2.75, 3.05) is 26.7 Å². The fourth-order valence-corrected chi connectivity index (χ4v) is 3.16. The Labute approximate surface area is 107 Å². The molecule has 0 aromatic rings. The van der Waals surface area contributed by atoms with Crippen LogP contribution in [0.15, 0.2) is 0 Å². The largest absolute Gasteiger partial charge is 0.392 e. The summed E-state index contributed by atoms with van der Waals surface area (Å²) in [6, 6.07) is 0.674. The predicted octanol–water partition coefficient (Wildman–Crippen LogP) is 1.71. The zero-order chi connectivity index (χ0) is 12.8. The van der Waals surface area contributed by atoms with Crippen molar-refractivity contribution in [2.45, 2.75) is 52.2 Å². The van der Waals surface area contributed by atoms with Crippen LogP contribution in [0.4, 0.5) is 0 Å². The van der Waals surface area contributed by atoms with Crippen molar-refractivity contribution in [3.05, 3.63) is 0 Å². The fraction of sp³-hybridized carbons (Fsp3) is 1.00. The van der Waals surface area contributed by atoms with Crippen LogP contribution in [0.2, 0.25) is 0 Å². The van der Waals surface area contributed by atoms with Crippen molar-refractivity contribution in [1.82, 2.24) is 10.2 Å². The molecular formula is C14H30N2O. The normalized spacial score (nSPS) is 31.8. The maximum absolute atomic E-state index is 9.42. The van der Waals surface area contributed by atoms with Crippen LogP contribution in [0.1, 0.15) is 40.0 Å². The summed E-state index contributed by atoms with van der Waals surface area (Å²) in [5, 5.41) is 13.0. The van der Waals surface area contributed by atoms with Crippen molar-refractivity contribution in [3.8, 4) is 0 Å². The highest BCUT2D eigenvalue weighted by Gasteiger charge is 2.28. The molecule has 0 bridgehead atoms. The van der Waals surface area contributed by atoms with E-state index >= 15 is 0 Å². The van der Waals surface area contributed by atoms with Gasteiger partial charge in [-0.2, -0.15) is 0 Å². The molecule has 1 rings (SSSR count). The average Bonchev–Trinajstić information content (AvgIpc) is 2.21. The first kappa shape index (κ1) is 14.9. The molecule has 3 heteroatoms. The second-order valence-corrected chi connectivity index (χ2v) is 5.91. The van der Waals surface area contributed by atoms with E-state index in [4.69, 9.17) is 0 Å². The Bertz CT molecular complexity index is 208. The van der Waals surface area contributed by atoms with Gasteiger partial charge in [0.15, 0.2) is 0 Å². The van der Waals surface area contributed by atoms with Gasteiger partial charge in [0.2, 0.25) is 0 Å². The number of nitrogens with one attached hydrogen (secondary N) is 1. The Balaban J connectivity index is 2.45. The third kappa shape index (κ3) is 5.36. The quantitative estimate of drug-likeness (QED) is 0.744. The Hall–Kier alpha value is -0.120. The van der Waals surface area contributed by atoms with E-state index < -0.39 is 0 Å². The highest BCUT2D eigenvalue weighted by Crippen LogP contribution is 2.29. The summed E-state index contributed by atoms with van der Waals surface area (Å²) >= 11 is 0. The minimum atomic E-state index is -0.224. The number of aliphatic hydroxyl groups is 1. The highest BCUT2D eigenvalue weighted by atomic mass is 16.3. The highest BCUT2D eigenvalue weighted by molar-refractivity contribution is 4.85. The SMILES string of the molecule is CCNC1CCC(C)CC1CN(C)CC(C)O. The molecule has 1 aliphatic carbocycles. The van der Waals surface area contributed by atoms with E-state index in [1.165, 1.54) is 19.3 Å². The van der Waals surface area contributed by atoms with Crippen molar-refractivity contribution < 1.29 is 5.11 Å². The first-order chi connectivity index (χ1) is 8.02. The number of hydrogen-bond acceptors (Lipinski definition) is 3. The molecule has 102 valence electrons. The molecule has 1 aliphatic rings. The van der Waals surface area contributed by atoms with Crippen LogP contribution in [-0.2, 0) is 0 Å². The summed E-state index contributed by atoms with van der Waals surface area (Å²) in [7, 11) is 2.12. The van der Waals surface area contributed by atoms with Gasteiger partial charge >= 0.3 is 0 Å². The third-order valence-corrected chi connectivity index (χ3v) is 3.83. The lowest BCUT2D eigenvalue weighted by atomic mass is 9.78. The molecule has 0 aliphatic heterocycles. The zero-order valence-electron chi connectivity index (χ0n) is 11.9. The second kappa shape index (κ2) is 7.34. The van der Waals surface area contributed by atoms with E-state index in [1.54, 1.807) is 0 Å². The minimum Gasteiger partial charge on any atom is -0.392 e. The molecule has 0 heterocycles. The number of rotatable bonds is 6. The molecule has 0 aromatic carbocycles. The Morgan fingerprint density at radius 3 is 2.71 bits per heavy atom. The lowest BCUT2D eigenvalue weighted by Gasteiger charge is -2.37. The Morgan fingerprint density at radius 1 is 1.41 bits per heavy atom. The summed E-state index contributed by atoms with van der Waals surface area (Å²) in [6.45, 7) is 9.37. The standard InChI is InChI=1S/C14H30N2O/c1-5-15-14-7-6-11(2)8-13(14)10-16(4)9-12(3)17/h11-15,17H,5-10H2,1-4H3. The molecule has 0 spiro atoms. The van der Waals surface area contributed by atoms with E-state index in [2.05, 4.69) is 31.1 Å². The molecule has 17 heavy (non-hydrogen) atoms. The van der Waals surface area contributed by atoms with Crippen LogP contribution in [0.5, 0.6) is 0 Å². The maximum atomic E-state index is 9.42. The molecule has 1 fully saturated rings. The average molecular weight is 242 g/mol. The van der Waals surface area contributed by atoms with E-state index in [-0.39, 0.29) is 6.10 Å². The van der Waals surface area contributed by atoms with Gasteiger partial charge < -0.3 is 15.3 Å². The number of aliphatic hydroxyl groups excluding tert-OH is 1. The van der Waals surface area contributed by atoms with Crippen LogP contribution in [0.3, 0.4) is 0 Å². The van der Waals surface area contributed by atoms with Gasteiger partial charge in [-0.3, -0.25) is 0 Å². The summed E-state index contributed by atoms with van der Waals surface area (Å²) in [6.07, 6.45) is 3.76. The van der Waals surface area contributed by atoms with Gasteiger partial charge in [0, 0.05) is 19.1 Å². The van der Waals surface area contributed by atoms with Gasteiger partial charge in [-0.05, 0) is 51.6 Å². The molecule has 2 N–H and O–H groups in total. The van der Waals surface area contributed by atoms with Gasteiger partial charge in [-0.1, -0.05) is 13.8 Å². The summed E-state index contributed by atoms with van der Waals surface area (Å²) in [5.74, 6) is 1.59. The molecule has 0 saturated heterocycles. The Kier molecular flexibility index (Phi) is 6.45. The van der Waals surface area contributed by atoms with Crippen LogP contribution < -0.4 is 5.32 Å². The summed E-state index contributed by atoms with van der Waals surface area (Å²) in [5.41, 5.74) is 0. The molecular weight excluding hydrogens is 212 g/mol. The second-order valence-electron chi connectivity index (χ2n) is 5.91. The van der Waals surface area contributed by atoms with Crippen LogP contribution in [0.25, 0.3) is 0 Å². The molecule has 0 radical (unpaired) electrons. The van der Waals surface area contributed by atoms with Crippen molar-refractivity contribution in [1.29, 1.82) is 0 Å². The molecule has 0 amide bonds. The number of likely N-dealkylation sites (N-methyl/N-ethyl adjacent to an activating group) is 1. The lowest BCUT2D eigenvalue weighted by molar-refractivity contribution is 0.109. The van der Waals surface area contributed by atoms with Crippen molar-refractivity contribution in [3.63, 3.8) is 0 Å². The van der Waals surface area contributed by atoms with Gasteiger partial charge in [-0.25, -0.2) is 0 Å². The van der Waals surface area contributed by atoms with Gasteiger partial charge in [-0.15, -0.1) is 0 Å². The van der Waals surface area contributed by atoms with Gasteiger partial charge in [0.05, 0.1) is 6.10 Å². The van der Waals surface area contributed by atoms with E-state index in [9.17, 15) is 5.11 Å². The molecule has 4 atom stereocenters. The third-order valence-electron chi connectivity index (χ3n) is 3.83. The van der Waals surface area contributed by atoms with Gasteiger partial charge in [0.1, 0.15) is 0 Å². The summed E-state index contributed by atoms with van der Waals surface area (Å²) in [4.78, 5) is 2.28. The van der Waals surface area contributed by atoms with Crippen LogP contribution in [-0.4, -0.2) is 48.8 Å². The zero-order valence-corrected chi connectivity index (χ0v) is 11.9. The first-order valence-corrected chi connectivity index (χ1v) is 7.12. The van der Waals surface area contributed by atoms with E-state index in [0.717, 1.165) is 31.5 Å². The lowest BCUT2D eigenvalue weighted by Crippen LogP contribution is -2.45. The van der Waals surface area contributed by atoms with Crippen molar-refractivity contribution in [2.24, 2.45) is 11.8 Å². The van der Waals surface area contributed by atoms with Gasteiger partial charge in [0.25, 0.3) is 0 Å². The maximum Gasteiger partial charge on any atom is 0.0638 e. The molecule has 1 saturated carbocycles. The first-order valence-electron chi connectivity index (χ1n) is 7.12. The summed E-state index contributed by atoms with van der Waals surface area (Å²) < 4.78 is 0. The van der Waals surface area contributed by atoms with Crippen LogP contribution in [0, 0.1) is 11.8 Å². The fourth-order valence-electron chi connectivity index (χ4n) is 3.16. The molecule has 4 unspecified atom stereocenters. The Morgan fingerprint density at radius 2 is 2.12 bits per heavy atom. The number of hydrogen-bond donors (Lipinski definition) is 2. The minimum absolute atomic E-state index is 0.224.